The van der Waals surface area contributed by atoms with Gasteiger partial charge in [-0.2, -0.15) is 5.10 Å². The second-order valence-corrected chi connectivity index (χ2v) is 6.09. The maximum atomic E-state index is 13.8. The van der Waals surface area contributed by atoms with Crippen molar-refractivity contribution in [3.8, 4) is 0 Å². The largest absolute Gasteiger partial charge is 0.310 e. The number of aryl methyl sites for hydroxylation is 2. The van der Waals surface area contributed by atoms with Gasteiger partial charge in [-0.1, -0.05) is 30.7 Å². The van der Waals surface area contributed by atoms with Crippen molar-refractivity contribution in [3.63, 3.8) is 0 Å². The van der Waals surface area contributed by atoms with Crippen molar-refractivity contribution in [3.05, 3.63) is 50.5 Å². The van der Waals surface area contributed by atoms with Crippen LogP contribution in [0.1, 0.15) is 29.8 Å². The van der Waals surface area contributed by atoms with E-state index >= 15 is 0 Å². The maximum Gasteiger partial charge on any atom is 0.137 e. The van der Waals surface area contributed by atoms with E-state index in [0.717, 1.165) is 23.4 Å². The molecule has 0 spiro atoms. The molecule has 2 aromatic rings. The molecule has 0 saturated carbocycles. The average molecular weight is 375 g/mol. The van der Waals surface area contributed by atoms with Gasteiger partial charge in [0.25, 0.3) is 0 Å². The summed E-state index contributed by atoms with van der Waals surface area (Å²) >= 11 is 9.64. The Bertz CT molecular complexity index is 642. The zero-order chi connectivity index (χ0) is 15.6. The van der Waals surface area contributed by atoms with E-state index in [1.807, 2.05) is 27.0 Å². The van der Waals surface area contributed by atoms with Crippen molar-refractivity contribution < 1.29 is 4.39 Å². The molecule has 0 aliphatic heterocycles. The second-order valence-electron chi connectivity index (χ2n) is 4.94. The number of aromatic nitrogens is 2. The van der Waals surface area contributed by atoms with Gasteiger partial charge in [-0.15, -0.1) is 0 Å². The van der Waals surface area contributed by atoms with E-state index in [2.05, 4.69) is 26.3 Å². The van der Waals surface area contributed by atoms with E-state index in [4.69, 9.17) is 11.6 Å². The summed E-state index contributed by atoms with van der Waals surface area (Å²) in [5.41, 5.74) is 2.77. The zero-order valence-electron chi connectivity index (χ0n) is 12.3. The molecule has 3 nitrogen and oxygen atoms in total. The first-order chi connectivity index (χ1) is 9.95. The van der Waals surface area contributed by atoms with Crippen LogP contribution in [0.5, 0.6) is 0 Å². The van der Waals surface area contributed by atoms with E-state index in [-0.39, 0.29) is 11.9 Å². The molecule has 21 heavy (non-hydrogen) atoms. The van der Waals surface area contributed by atoms with Crippen LogP contribution in [0.25, 0.3) is 0 Å². The lowest BCUT2D eigenvalue weighted by Crippen LogP contribution is -2.23. The third-order valence-corrected chi connectivity index (χ3v) is 4.79. The lowest BCUT2D eigenvalue weighted by atomic mass is 9.99. The van der Waals surface area contributed by atoms with E-state index in [1.165, 1.54) is 6.07 Å². The van der Waals surface area contributed by atoms with Crippen LogP contribution in [0.3, 0.4) is 0 Å². The van der Waals surface area contributed by atoms with Gasteiger partial charge in [-0.3, -0.25) is 4.68 Å². The fourth-order valence-electron chi connectivity index (χ4n) is 2.44. The minimum Gasteiger partial charge on any atom is -0.310 e. The highest BCUT2D eigenvalue weighted by molar-refractivity contribution is 9.10. The fraction of sp³-hybridized carbons (Fsp3) is 0.400. The SMILES string of the molecule is CCNC(Cc1c(C)nn(C)c1Cl)c1cccc(F)c1Br. The van der Waals surface area contributed by atoms with Crippen molar-refractivity contribution in [2.75, 3.05) is 6.54 Å². The Balaban J connectivity index is 2.38. The van der Waals surface area contributed by atoms with Gasteiger partial charge in [0.15, 0.2) is 0 Å². The number of nitrogens with one attached hydrogen (secondary N) is 1. The van der Waals surface area contributed by atoms with Crippen molar-refractivity contribution in [2.45, 2.75) is 26.3 Å². The number of likely N-dealkylation sites (N-methyl/N-ethyl adjacent to an activating group) is 1. The standard InChI is InChI=1S/C15H18BrClFN3/c1-4-19-13(10-6-5-7-12(18)14(10)16)8-11-9(2)20-21(3)15(11)17/h5-7,13,19H,4,8H2,1-3H3. The zero-order valence-corrected chi connectivity index (χ0v) is 14.6. The summed E-state index contributed by atoms with van der Waals surface area (Å²) in [4.78, 5) is 0. The summed E-state index contributed by atoms with van der Waals surface area (Å²) in [6.07, 6.45) is 0.661. The van der Waals surface area contributed by atoms with Crippen LogP contribution in [0.15, 0.2) is 22.7 Å². The van der Waals surface area contributed by atoms with E-state index in [1.54, 1.807) is 10.7 Å². The van der Waals surface area contributed by atoms with Gasteiger partial charge < -0.3 is 5.32 Å². The number of hydrogen-bond donors (Lipinski definition) is 1. The van der Waals surface area contributed by atoms with E-state index in [0.29, 0.717) is 16.0 Å². The molecule has 1 N–H and O–H groups in total. The Hall–Kier alpha value is -0.910. The highest BCUT2D eigenvalue weighted by Gasteiger charge is 2.20. The average Bonchev–Trinajstić information content (AvgIpc) is 2.68. The molecule has 1 aromatic heterocycles. The van der Waals surface area contributed by atoms with Crippen molar-refractivity contribution in [2.24, 2.45) is 7.05 Å². The van der Waals surface area contributed by atoms with Crippen molar-refractivity contribution in [1.29, 1.82) is 0 Å². The van der Waals surface area contributed by atoms with Gasteiger partial charge in [0, 0.05) is 18.7 Å². The van der Waals surface area contributed by atoms with Gasteiger partial charge in [-0.25, -0.2) is 4.39 Å². The molecule has 114 valence electrons. The van der Waals surface area contributed by atoms with Crippen molar-refractivity contribution in [1.82, 2.24) is 15.1 Å². The summed E-state index contributed by atoms with van der Waals surface area (Å²) in [7, 11) is 1.82. The van der Waals surface area contributed by atoms with Crippen molar-refractivity contribution >= 4 is 27.5 Å². The third-order valence-electron chi connectivity index (χ3n) is 3.49. The summed E-state index contributed by atoms with van der Waals surface area (Å²) in [6, 6.07) is 5.05. The first kappa shape index (κ1) is 16.5. The monoisotopic (exact) mass is 373 g/mol. The lowest BCUT2D eigenvalue weighted by molar-refractivity contribution is 0.538. The second kappa shape index (κ2) is 6.90. The molecule has 1 unspecified atom stereocenters. The number of rotatable bonds is 5. The molecule has 1 heterocycles. The Morgan fingerprint density at radius 3 is 2.76 bits per heavy atom. The quantitative estimate of drug-likeness (QED) is 0.851. The van der Waals surface area contributed by atoms with E-state index in [9.17, 15) is 4.39 Å². The van der Waals surface area contributed by atoms with Gasteiger partial charge in [0.1, 0.15) is 11.0 Å². The molecule has 0 fully saturated rings. The number of benzene rings is 1. The van der Waals surface area contributed by atoms with Crippen LogP contribution in [0.2, 0.25) is 5.15 Å². The highest BCUT2D eigenvalue weighted by atomic mass is 79.9. The topological polar surface area (TPSA) is 29.9 Å². The maximum absolute atomic E-state index is 13.8. The van der Waals surface area contributed by atoms with Gasteiger partial charge in [0.2, 0.25) is 0 Å². The smallest absolute Gasteiger partial charge is 0.137 e. The summed E-state index contributed by atoms with van der Waals surface area (Å²) in [5.74, 6) is -0.260. The Kier molecular flexibility index (Phi) is 5.41. The molecule has 6 heteroatoms. The molecule has 0 bridgehead atoms. The van der Waals surface area contributed by atoms with Crippen LogP contribution >= 0.6 is 27.5 Å². The van der Waals surface area contributed by atoms with Crippen LogP contribution in [-0.2, 0) is 13.5 Å². The molecule has 0 amide bonds. The summed E-state index contributed by atoms with van der Waals surface area (Å²) in [6.45, 7) is 4.74. The Labute approximate surface area is 137 Å². The van der Waals surface area contributed by atoms with Crippen LogP contribution < -0.4 is 5.32 Å². The number of halogens is 3. The molecule has 2 rings (SSSR count). The Morgan fingerprint density at radius 2 is 2.19 bits per heavy atom. The number of nitrogens with zero attached hydrogens (tertiary/aromatic N) is 2. The molecule has 0 aliphatic rings. The Morgan fingerprint density at radius 1 is 1.48 bits per heavy atom. The highest BCUT2D eigenvalue weighted by Crippen LogP contribution is 2.31. The minimum atomic E-state index is -0.260. The molecule has 1 aromatic carbocycles. The van der Waals surface area contributed by atoms with Crippen LogP contribution in [0, 0.1) is 12.7 Å². The molecule has 0 saturated heterocycles. The summed E-state index contributed by atoms with van der Waals surface area (Å²) < 4.78 is 15.9. The molecule has 0 radical (unpaired) electrons. The lowest BCUT2D eigenvalue weighted by Gasteiger charge is -2.20. The van der Waals surface area contributed by atoms with Gasteiger partial charge in [0.05, 0.1) is 10.2 Å². The first-order valence-electron chi connectivity index (χ1n) is 6.81. The molecular weight excluding hydrogens is 357 g/mol. The third kappa shape index (κ3) is 3.47. The predicted molar refractivity (Wildman–Crippen MR) is 87.2 cm³/mol. The number of hydrogen-bond acceptors (Lipinski definition) is 2. The van der Waals surface area contributed by atoms with E-state index < -0.39 is 0 Å². The van der Waals surface area contributed by atoms with Gasteiger partial charge >= 0.3 is 0 Å². The van der Waals surface area contributed by atoms with Gasteiger partial charge in [-0.05, 0) is 47.4 Å². The van der Waals surface area contributed by atoms with Crippen LogP contribution in [0.4, 0.5) is 4.39 Å². The molecular formula is C15H18BrClFN3. The predicted octanol–water partition coefficient (Wildman–Crippen LogP) is 4.18. The fourth-order valence-corrected chi connectivity index (χ4v) is 3.23. The molecule has 1 atom stereocenters. The summed E-state index contributed by atoms with van der Waals surface area (Å²) in [5, 5.41) is 8.34. The van der Waals surface area contributed by atoms with Crippen LogP contribution in [-0.4, -0.2) is 16.3 Å². The normalized spacial score (nSPS) is 12.7. The molecule has 0 aliphatic carbocycles. The first-order valence-corrected chi connectivity index (χ1v) is 7.98. The minimum absolute atomic E-state index is 0.0273.